The van der Waals surface area contributed by atoms with E-state index < -0.39 is 5.82 Å². The lowest BCUT2D eigenvalue weighted by atomic mass is 10.0. The molecular formula is C16H12ClFN2O. The first kappa shape index (κ1) is 13.8. The third-order valence-electron chi connectivity index (χ3n) is 3.35. The molecule has 0 atom stereocenters. The Morgan fingerprint density at radius 1 is 1.14 bits per heavy atom. The van der Waals surface area contributed by atoms with Crippen molar-refractivity contribution in [3.8, 4) is 11.1 Å². The second-order valence-electron chi connectivity index (χ2n) is 4.75. The Labute approximate surface area is 125 Å². The van der Waals surface area contributed by atoms with Gasteiger partial charge >= 0.3 is 0 Å². The number of aromatic amines is 1. The van der Waals surface area contributed by atoms with Crippen LogP contribution >= 0.6 is 11.6 Å². The van der Waals surface area contributed by atoms with Gasteiger partial charge in [-0.2, -0.15) is 0 Å². The molecule has 5 heteroatoms. The van der Waals surface area contributed by atoms with E-state index in [9.17, 15) is 9.18 Å². The number of halogens is 2. The fourth-order valence-electron chi connectivity index (χ4n) is 2.30. The predicted octanol–water partition coefficient (Wildman–Crippen LogP) is 3.45. The van der Waals surface area contributed by atoms with Crippen molar-refractivity contribution in [2.45, 2.75) is 6.54 Å². The second-order valence-corrected chi connectivity index (χ2v) is 5.15. The van der Waals surface area contributed by atoms with Crippen LogP contribution < -0.4 is 11.2 Å². The fraction of sp³-hybridized carbons (Fsp3) is 0.0625. The van der Waals surface area contributed by atoms with Gasteiger partial charge < -0.3 is 10.7 Å². The van der Waals surface area contributed by atoms with Crippen LogP contribution in [-0.2, 0) is 6.54 Å². The zero-order valence-electron chi connectivity index (χ0n) is 11.0. The Balaban J connectivity index is 2.21. The molecule has 3 N–H and O–H groups in total. The van der Waals surface area contributed by atoms with Gasteiger partial charge in [-0.1, -0.05) is 17.7 Å². The minimum atomic E-state index is -0.394. The van der Waals surface area contributed by atoms with E-state index in [0.717, 1.165) is 5.56 Å². The molecule has 3 nitrogen and oxygen atoms in total. The molecule has 0 saturated carbocycles. The average molecular weight is 303 g/mol. The maximum atomic E-state index is 13.1. The topological polar surface area (TPSA) is 58.9 Å². The Morgan fingerprint density at radius 3 is 2.67 bits per heavy atom. The summed E-state index contributed by atoms with van der Waals surface area (Å²) in [5.41, 5.74) is 8.27. The molecule has 0 bridgehead atoms. The van der Waals surface area contributed by atoms with Crippen LogP contribution in [0, 0.1) is 5.82 Å². The van der Waals surface area contributed by atoms with E-state index in [0.29, 0.717) is 27.2 Å². The van der Waals surface area contributed by atoms with Crippen LogP contribution in [0.25, 0.3) is 22.0 Å². The van der Waals surface area contributed by atoms with Gasteiger partial charge in [0.1, 0.15) is 5.82 Å². The average Bonchev–Trinajstić information content (AvgIpc) is 2.47. The maximum Gasteiger partial charge on any atom is 0.189 e. The summed E-state index contributed by atoms with van der Waals surface area (Å²) in [6.07, 6.45) is 0. The van der Waals surface area contributed by atoms with Gasteiger partial charge in [-0.05, 0) is 35.9 Å². The molecule has 106 valence electrons. The molecule has 3 rings (SSSR count). The lowest BCUT2D eigenvalue weighted by Crippen LogP contribution is -2.08. The van der Waals surface area contributed by atoms with Crippen LogP contribution in [0.5, 0.6) is 0 Å². The molecule has 1 aromatic heterocycles. The molecule has 0 unspecified atom stereocenters. The van der Waals surface area contributed by atoms with E-state index in [2.05, 4.69) is 4.98 Å². The zero-order chi connectivity index (χ0) is 15.0. The van der Waals surface area contributed by atoms with Gasteiger partial charge in [-0.25, -0.2) is 4.39 Å². The third-order valence-corrected chi connectivity index (χ3v) is 3.66. The Kier molecular flexibility index (Phi) is 3.49. The summed E-state index contributed by atoms with van der Waals surface area (Å²) in [7, 11) is 0. The van der Waals surface area contributed by atoms with E-state index in [1.54, 1.807) is 18.2 Å². The molecule has 0 aliphatic rings. The summed E-state index contributed by atoms with van der Waals surface area (Å²) in [4.78, 5) is 15.2. The van der Waals surface area contributed by atoms with Crippen molar-refractivity contribution in [2.24, 2.45) is 5.73 Å². The predicted molar refractivity (Wildman–Crippen MR) is 82.9 cm³/mol. The second kappa shape index (κ2) is 5.31. The summed E-state index contributed by atoms with van der Waals surface area (Å²) in [6, 6.07) is 11.0. The van der Waals surface area contributed by atoms with Crippen molar-refractivity contribution in [3.05, 3.63) is 69.2 Å². The monoisotopic (exact) mass is 302 g/mol. The van der Waals surface area contributed by atoms with Crippen molar-refractivity contribution in [3.63, 3.8) is 0 Å². The number of nitrogens with one attached hydrogen (secondary N) is 1. The van der Waals surface area contributed by atoms with Crippen LogP contribution in [0.1, 0.15) is 5.69 Å². The number of rotatable bonds is 2. The van der Waals surface area contributed by atoms with Gasteiger partial charge in [0, 0.05) is 34.8 Å². The molecule has 0 saturated heterocycles. The van der Waals surface area contributed by atoms with Crippen molar-refractivity contribution in [1.82, 2.24) is 4.98 Å². The molecule has 0 aliphatic heterocycles. The highest BCUT2D eigenvalue weighted by atomic mass is 35.5. The number of hydrogen-bond acceptors (Lipinski definition) is 2. The van der Waals surface area contributed by atoms with Gasteiger partial charge in [0.15, 0.2) is 5.43 Å². The first-order valence-electron chi connectivity index (χ1n) is 6.40. The van der Waals surface area contributed by atoms with E-state index in [1.807, 2.05) is 6.07 Å². The summed E-state index contributed by atoms with van der Waals surface area (Å²) < 4.78 is 13.1. The normalized spacial score (nSPS) is 11.0. The minimum absolute atomic E-state index is 0.107. The number of fused-ring (bicyclic) bond motifs is 1. The first-order valence-corrected chi connectivity index (χ1v) is 6.78. The third kappa shape index (κ3) is 2.55. The van der Waals surface area contributed by atoms with Crippen LogP contribution in [0.3, 0.4) is 0 Å². The van der Waals surface area contributed by atoms with Gasteiger partial charge in [0.05, 0.1) is 5.02 Å². The highest BCUT2D eigenvalue weighted by Crippen LogP contribution is 2.29. The fourth-order valence-corrected chi connectivity index (χ4v) is 2.58. The molecule has 1 heterocycles. The van der Waals surface area contributed by atoms with E-state index in [-0.39, 0.29) is 12.0 Å². The van der Waals surface area contributed by atoms with Crippen LogP contribution in [-0.4, -0.2) is 4.98 Å². The number of hydrogen-bond donors (Lipinski definition) is 2. The van der Waals surface area contributed by atoms with Gasteiger partial charge in [-0.3, -0.25) is 4.79 Å². The van der Waals surface area contributed by atoms with Crippen molar-refractivity contribution in [2.75, 3.05) is 0 Å². The SMILES string of the molecule is NCc1cc(=O)c2cc(-c3ccc(F)cc3Cl)ccc2[nH]1. The smallest absolute Gasteiger partial charge is 0.189 e. The molecule has 0 amide bonds. The summed E-state index contributed by atoms with van der Waals surface area (Å²) in [6.45, 7) is 0.275. The van der Waals surface area contributed by atoms with Crippen LogP contribution in [0.15, 0.2) is 47.3 Å². The summed E-state index contributed by atoms with van der Waals surface area (Å²) in [5, 5.41) is 0.856. The van der Waals surface area contributed by atoms with E-state index >= 15 is 0 Å². The number of aromatic nitrogens is 1. The molecule has 21 heavy (non-hydrogen) atoms. The molecule has 0 aliphatic carbocycles. The number of nitrogens with two attached hydrogens (primary N) is 1. The highest BCUT2D eigenvalue weighted by molar-refractivity contribution is 6.33. The van der Waals surface area contributed by atoms with Gasteiger partial charge in [0.25, 0.3) is 0 Å². The van der Waals surface area contributed by atoms with E-state index in [4.69, 9.17) is 17.3 Å². The zero-order valence-corrected chi connectivity index (χ0v) is 11.7. The molecule has 0 spiro atoms. The van der Waals surface area contributed by atoms with Crippen LogP contribution in [0.4, 0.5) is 4.39 Å². The molecule has 0 radical (unpaired) electrons. The molecule has 3 aromatic rings. The standard InChI is InChI=1S/C16H12ClFN2O/c17-14-6-10(18)2-3-12(14)9-1-4-15-13(5-9)16(21)7-11(8-19)20-15/h1-7H,8,19H2,(H,20,21). The first-order chi connectivity index (χ1) is 10.1. The molecule has 0 fully saturated rings. The van der Waals surface area contributed by atoms with Crippen LogP contribution in [0.2, 0.25) is 5.02 Å². The Bertz CT molecular complexity index is 889. The van der Waals surface area contributed by atoms with Gasteiger partial charge in [-0.15, -0.1) is 0 Å². The largest absolute Gasteiger partial charge is 0.357 e. The number of pyridine rings is 1. The Morgan fingerprint density at radius 2 is 1.95 bits per heavy atom. The van der Waals surface area contributed by atoms with E-state index in [1.165, 1.54) is 18.2 Å². The molecule has 2 aromatic carbocycles. The summed E-state index contributed by atoms with van der Waals surface area (Å²) >= 11 is 6.06. The number of benzene rings is 2. The quantitative estimate of drug-likeness (QED) is 0.762. The maximum absolute atomic E-state index is 13.1. The van der Waals surface area contributed by atoms with Crippen molar-refractivity contribution in [1.29, 1.82) is 0 Å². The highest BCUT2D eigenvalue weighted by Gasteiger charge is 2.08. The lowest BCUT2D eigenvalue weighted by Gasteiger charge is -2.07. The Hall–Kier alpha value is -2.17. The van der Waals surface area contributed by atoms with Gasteiger partial charge in [0.2, 0.25) is 0 Å². The molecular weight excluding hydrogens is 291 g/mol. The minimum Gasteiger partial charge on any atom is -0.357 e. The van der Waals surface area contributed by atoms with Crippen molar-refractivity contribution < 1.29 is 4.39 Å². The summed E-state index contributed by atoms with van der Waals surface area (Å²) in [5.74, 6) is -0.394. The number of H-pyrrole nitrogens is 1. The lowest BCUT2D eigenvalue weighted by molar-refractivity contribution is 0.628. The van der Waals surface area contributed by atoms with Crippen molar-refractivity contribution >= 4 is 22.5 Å².